The molecule has 0 aliphatic carbocycles. The largest absolute Gasteiger partial charge is 0.530 e. The van der Waals surface area contributed by atoms with Gasteiger partial charge in [0.15, 0.2) is 0 Å². The van der Waals surface area contributed by atoms with Crippen molar-refractivity contribution in [2.75, 3.05) is 0 Å². The van der Waals surface area contributed by atoms with Crippen LogP contribution < -0.4 is 4.43 Å². The number of aromatic nitrogens is 2. The second-order valence-corrected chi connectivity index (χ2v) is 9.91. The quantitative estimate of drug-likeness (QED) is 0.705. The van der Waals surface area contributed by atoms with E-state index < -0.39 is 8.32 Å². The lowest BCUT2D eigenvalue weighted by Crippen LogP contribution is -2.44. The maximum Gasteiger partial charge on any atom is 0.252 e. The molecule has 80 valence electrons. The second kappa shape index (κ2) is 3.42. The van der Waals surface area contributed by atoms with Crippen LogP contribution >= 0.6 is 0 Å². The normalized spacial score (nSPS) is 13.0. The molecule has 0 bridgehead atoms. The van der Waals surface area contributed by atoms with Gasteiger partial charge in [0.05, 0.1) is 0 Å². The molecule has 0 unspecified atom stereocenters. The Bertz CT molecular complexity index is 312. The summed E-state index contributed by atoms with van der Waals surface area (Å²) in [6.45, 7) is 11.1. The van der Waals surface area contributed by atoms with Crippen LogP contribution in [0.25, 0.3) is 0 Å². The Balaban J connectivity index is 2.78. The smallest absolute Gasteiger partial charge is 0.252 e. The lowest BCUT2D eigenvalue weighted by Gasteiger charge is -2.35. The summed E-state index contributed by atoms with van der Waals surface area (Å²) in [5, 5.41) is 4.47. The molecule has 1 aromatic rings. The second-order valence-electron chi connectivity index (χ2n) is 5.19. The van der Waals surface area contributed by atoms with E-state index in [-0.39, 0.29) is 5.04 Å². The summed E-state index contributed by atoms with van der Waals surface area (Å²) < 4.78 is 7.76. The first kappa shape index (κ1) is 11.3. The van der Waals surface area contributed by atoms with Crippen LogP contribution in [0.4, 0.5) is 0 Å². The first-order valence-electron chi connectivity index (χ1n) is 4.91. The average molecular weight is 212 g/mol. The zero-order valence-corrected chi connectivity index (χ0v) is 11.0. The van der Waals surface area contributed by atoms with E-state index in [4.69, 9.17) is 4.43 Å². The van der Waals surface area contributed by atoms with E-state index in [1.165, 1.54) is 0 Å². The highest BCUT2D eigenvalue weighted by atomic mass is 28.4. The fraction of sp³-hybridized carbons (Fsp3) is 0.700. The van der Waals surface area contributed by atoms with Crippen LogP contribution in [-0.2, 0) is 7.05 Å². The third-order valence-electron chi connectivity index (χ3n) is 2.86. The summed E-state index contributed by atoms with van der Waals surface area (Å²) >= 11 is 0. The third kappa shape index (κ3) is 2.38. The lowest BCUT2D eigenvalue weighted by molar-refractivity contribution is 0.468. The first-order chi connectivity index (χ1) is 6.22. The molecule has 14 heavy (non-hydrogen) atoms. The van der Waals surface area contributed by atoms with Crippen LogP contribution in [0.1, 0.15) is 20.8 Å². The predicted octanol–water partition coefficient (Wildman–Crippen LogP) is 2.80. The van der Waals surface area contributed by atoms with Crippen molar-refractivity contribution in [3.05, 3.63) is 12.3 Å². The summed E-state index contributed by atoms with van der Waals surface area (Å²) in [4.78, 5) is 0. The minimum absolute atomic E-state index is 0.227. The van der Waals surface area contributed by atoms with Crippen molar-refractivity contribution in [2.24, 2.45) is 7.05 Å². The first-order valence-corrected chi connectivity index (χ1v) is 7.82. The van der Waals surface area contributed by atoms with Gasteiger partial charge in [0, 0.05) is 19.3 Å². The maximum atomic E-state index is 5.99. The number of nitrogens with zero attached hydrogens (tertiary/aromatic N) is 2. The molecule has 0 aliphatic rings. The van der Waals surface area contributed by atoms with E-state index in [1.54, 1.807) is 4.68 Å². The van der Waals surface area contributed by atoms with E-state index in [0.717, 1.165) is 5.88 Å². The molecule has 0 atom stereocenters. The van der Waals surface area contributed by atoms with Gasteiger partial charge in [-0.15, -0.1) is 5.10 Å². The zero-order chi connectivity index (χ0) is 11.0. The molecule has 0 saturated heterocycles. The van der Waals surface area contributed by atoms with Crippen LogP contribution in [0.15, 0.2) is 12.3 Å². The Labute approximate surface area is 87.2 Å². The monoisotopic (exact) mass is 212 g/mol. The zero-order valence-electron chi connectivity index (χ0n) is 9.96. The number of hydrogen-bond donors (Lipinski definition) is 0. The lowest BCUT2D eigenvalue weighted by atomic mass is 10.2. The highest BCUT2D eigenvalue weighted by Gasteiger charge is 2.39. The number of aryl methyl sites for hydroxylation is 1. The van der Waals surface area contributed by atoms with Crippen molar-refractivity contribution in [3.63, 3.8) is 0 Å². The van der Waals surface area contributed by atoms with Crippen LogP contribution in [0.2, 0.25) is 18.1 Å². The van der Waals surface area contributed by atoms with Gasteiger partial charge >= 0.3 is 0 Å². The van der Waals surface area contributed by atoms with Crippen molar-refractivity contribution in [3.8, 4) is 5.88 Å². The molecule has 4 heteroatoms. The molecule has 0 N–H and O–H groups in total. The van der Waals surface area contributed by atoms with Crippen molar-refractivity contribution >= 4 is 8.32 Å². The predicted molar refractivity (Wildman–Crippen MR) is 61.0 cm³/mol. The summed E-state index contributed by atoms with van der Waals surface area (Å²) in [7, 11) is 0.193. The molecular formula is C10H20N2OSi. The van der Waals surface area contributed by atoms with Gasteiger partial charge in [-0.3, -0.25) is 4.68 Å². The molecule has 0 saturated carbocycles. The molecule has 0 amide bonds. The Morgan fingerprint density at radius 1 is 1.36 bits per heavy atom. The van der Waals surface area contributed by atoms with Crippen molar-refractivity contribution in [1.29, 1.82) is 0 Å². The molecule has 0 radical (unpaired) electrons. The topological polar surface area (TPSA) is 27.1 Å². The summed E-state index contributed by atoms with van der Waals surface area (Å²) in [6.07, 6.45) is 1.91. The van der Waals surface area contributed by atoms with Crippen molar-refractivity contribution in [1.82, 2.24) is 9.78 Å². The Hall–Kier alpha value is -0.773. The van der Waals surface area contributed by atoms with E-state index in [0.29, 0.717) is 0 Å². The number of rotatable bonds is 2. The van der Waals surface area contributed by atoms with Crippen LogP contribution in [0, 0.1) is 0 Å². The summed E-state index contributed by atoms with van der Waals surface area (Å²) in [5.41, 5.74) is 0. The van der Waals surface area contributed by atoms with E-state index in [2.05, 4.69) is 39.0 Å². The fourth-order valence-corrected chi connectivity index (χ4v) is 1.80. The molecule has 3 nitrogen and oxygen atoms in total. The van der Waals surface area contributed by atoms with Gasteiger partial charge in [-0.1, -0.05) is 20.8 Å². The Morgan fingerprint density at radius 2 is 1.93 bits per heavy atom. The van der Waals surface area contributed by atoms with Gasteiger partial charge in [0.1, 0.15) is 0 Å². The molecule has 0 spiro atoms. The molecule has 0 aromatic carbocycles. The molecular weight excluding hydrogens is 192 g/mol. The molecule has 1 heterocycles. The van der Waals surface area contributed by atoms with E-state index in [9.17, 15) is 0 Å². The molecule has 0 aliphatic heterocycles. The highest BCUT2D eigenvalue weighted by Crippen LogP contribution is 2.36. The van der Waals surface area contributed by atoms with Crippen molar-refractivity contribution < 1.29 is 4.43 Å². The van der Waals surface area contributed by atoms with Gasteiger partial charge < -0.3 is 4.43 Å². The van der Waals surface area contributed by atoms with Crippen molar-refractivity contribution in [2.45, 2.75) is 38.9 Å². The fourth-order valence-electron chi connectivity index (χ4n) is 0.863. The Morgan fingerprint density at radius 3 is 2.29 bits per heavy atom. The highest BCUT2D eigenvalue weighted by molar-refractivity contribution is 6.74. The van der Waals surface area contributed by atoms with E-state index in [1.807, 2.05) is 19.3 Å². The molecule has 0 fully saturated rings. The molecule has 1 aromatic heterocycles. The van der Waals surface area contributed by atoms with Gasteiger partial charge in [-0.05, 0) is 18.1 Å². The van der Waals surface area contributed by atoms with E-state index >= 15 is 0 Å². The van der Waals surface area contributed by atoms with Crippen LogP contribution in [0.3, 0.4) is 0 Å². The Kier molecular flexibility index (Phi) is 2.76. The van der Waals surface area contributed by atoms with Gasteiger partial charge in [0.2, 0.25) is 5.88 Å². The van der Waals surface area contributed by atoms with Gasteiger partial charge in [-0.25, -0.2) is 0 Å². The summed E-state index contributed by atoms with van der Waals surface area (Å²) in [6, 6.07) is 1.92. The average Bonchev–Trinajstić information content (AvgIpc) is 2.31. The standard InChI is InChI=1S/C10H20N2OSi/c1-10(2,3)14(5,6)13-9-7-8-12(4)11-9/h7-8H,1-6H3. The summed E-state index contributed by atoms with van der Waals surface area (Å²) in [5.74, 6) is 0.749. The SMILES string of the molecule is Cn1ccc(O[Si](C)(C)C(C)(C)C)n1. The van der Waals surface area contributed by atoms with Crippen LogP contribution in [0.5, 0.6) is 5.88 Å². The third-order valence-corrected chi connectivity index (χ3v) is 7.19. The maximum absolute atomic E-state index is 5.99. The minimum Gasteiger partial charge on any atom is -0.530 e. The van der Waals surface area contributed by atoms with Gasteiger partial charge in [-0.2, -0.15) is 0 Å². The molecule has 1 rings (SSSR count). The van der Waals surface area contributed by atoms with Crippen LogP contribution in [-0.4, -0.2) is 18.1 Å². The minimum atomic E-state index is -1.71. The van der Waals surface area contributed by atoms with Gasteiger partial charge in [0.25, 0.3) is 8.32 Å². The number of hydrogen-bond acceptors (Lipinski definition) is 2.